The van der Waals surface area contributed by atoms with Crippen molar-refractivity contribution in [1.29, 1.82) is 0 Å². The summed E-state index contributed by atoms with van der Waals surface area (Å²) in [6.45, 7) is 1.94. The van der Waals surface area contributed by atoms with Gasteiger partial charge in [-0.1, -0.05) is 60.7 Å². The van der Waals surface area contributed by atoms with E-state index in [0.29, 0.717) is 11.7 Å². The first kappa shape index (κ1) is 16.7. The highest BCUT2D eigenvalue weighted by Gasteiger charge is 2.43. The van der Waals surface area contributed by atoms with Crippen molar-refractivity contribution in [3.63, 3.8) is 0 Å². The molecular formula is C23H20N4O. The van der Waals surface area contributed by atoms with Gasteiger partial charge in [0.1, 0.15) is 5.82 Å². The molecule has 0 unspecified atom stereocenters. The van der Waals surface area contributed by atoms with Crippen LogP contribution in [0, 0.1) is 12.8 Å². The van der Waals surface area contributed by atoms with E-state index in [0.717, 1.165) is 29.0 Å². The highest BCUT2D eigenvalue weighted by molar-refractivity contribution is 5.95. The highest BCUT2D eigenvalue weighted by Crippen LogP contribution is 2.47. The Morgan fingerprint density at radius 3 is 2.50 bits per heavy atom. The van der Waals surface area contributed by atoms with Crippen LogP contribution in [0.4, 0.5) is 5.82 Å². The fourth-order valence-corrected chi connectivity index (χ4v) is 3.74. The molecule has 1 saturated carbocycles. The lowest BCUT2D eigenvalue weighted by atomic mass is 10.1. The number of anilines is 1. The molecule has 0 radical (unpaired) electrons. The molecular weight excluding hydrogens is 348 g/mol. The predicted octanol–water partition coefficient (Wildman–Crippen LogP) is 4.45. The predicted molar refractivity (Wildman–Crippen MR) is 109 cm³/mol. The van der Waals surface area contributed by atoms with E-state index >= 15 is 0 Å². The molecule has 28 heavy (non-hydrogen) atoms. The van der Waals surface area contributed by atoms with Crippen LogP contribution >= 0.6 is 0 Å². The second-order valence-corrected chi connectivity index (χ2v) is 7.30. The highest BCUT2D eigenvalue weighted by atomic mass is 16.2. The van der Waals surface area contributed by atoms with Gasteiger partial charge in [-0.25, -0.2) is 9.50 Å². The minimum absolute atomic E-state index is 0.00671. The molecule has 5 nitrogen and oxygen atoms in total. The summed E-state index contributed by atoms with van der Waals surface area (Å²) in [7, 11) is 0. The zero-order valence-electron chi connectivity index (χ0n) is 15.5. The molecule has 2 heterocycles. The Morgan fingerprint density at radius 1 is 1.04 bits per heavy atom. The van der Waals surface area contributed by atoms with Gasteiger partial charge in [0.2, 0.25) is 5.91 Å². The third-order valence-electron chi connectivity index (χ3n) is 5.23. The summed E-state index contributed by atoms with van der Waals surface area (Å²) in [5.74, 6) is 0.902. The molecule has 1 N–H and O–H groups in total. The number of amides is 1. The lowest BCUT2D eigenvalue weighted by Gasteiger charge is -2.09. The summed E-state index contributed by atoms with van der Waals surface area (Å²) in [5, 5.41) is 7.57. The smallest absolute Gasteiger partial charge is 0.229 e. The van der Waals surface area contributed by atoms with Gasteiger partial charge in [-0.3, -0.25) is 4.79 Å². The van der Waals surface area contributed by atoms with Crippen molar-refractivity contribution in [2.75, 3.05) is 5.32 Å². The number of rotatable bonds is 4. The third-order valence-corrected chi connectivity index (χ3v) is 5.23. The van der Waals surface area contributed by atoms with Crippen LogP contribution in [0.25, 0.3) is 16.9 Å². The van der Waals surface area contributed by atoms with Crippen molar-refractivity contribution in [2.45, 2.75) is 19.3 Å². The van der Waals surface area contributed by atoms with E-state index in [9.17, 15) is 4.79 Å². The molecule has 2 aromatic heterocycles. The van der Waals surface area contributed by atoms with Gasteiger partial charge in [-0.2, -0.15) is 5.10 Å². The Morgan fingerprint density at radius 2 is 1.75 bits per heavy atom. The summed E-state index contributed by atoms with van der Waals surface area (Å²) >= 11 is 0. The van der Waals surface area contributed by atoms with Crippen molar-refractivity contribution >= 4 is 17.4 Å². The van der Waals surface area contributed by atoms with Crippen molar-refractivity contribution in [2.24, 2.45) is 5.92 Å². The Kier molecular flexibility index (Phi) is 3.93. The first-order valence-electron chi connectivity index (χ1n) is 9.48. The van der Waals surface area contributed by atoms with E-state index in [4.69, 9.17) is 0 Å². The van der Waals surface area contributed by atoms with Crippen molar-refractivity contribution in [1.82, 2.24) is 14.6 Å². The molecule has 1 fully saturated rings. The number of carbonyl (C=O) groups is 1. The first-order valence-corrected chi connectivity index (χ1v) is 9.48. The molecule has 0 bridgehead atoms. The molecule has 4 aromatic rings. The van der Waals surface area contributed by atoms with Gasteiger partial charge in [0, 0.05) is 23.6 Å². The van der Waals surface area contributed by atoms with Crippen LogP contribution in [-0.2, 0) is 4.79 Å². The maximum atomic E-state index is 12.8. The van der Waals surface area contributed by atoms with Crippen LogP contribution in [0.15, 0.2) is 72.8 Å². The molecule has 1 amide bonds. The second-order valence-electron chi connectivity index (χ2n) is 7.30. The number of fused-ring (bicyclic) bond motifs is 1. The van der Waals surface area contributed by atoms with Gasteiger partial charge in [0.25, 0.3) is 0 Å². The van der Waals surface area contributed by atoms with Gasteiger partial charge in [0.05, 0.1) is 11.4 Å². The van der Waals surface area contributed by atoms with Gasteiger partial charge in [-0.15, -0.1) is 0 Å². The largest absolute Gasteiger partial charge is 0.310 e. The SMILES string of the molecule is Cc1cc2nc(NC(=O)[C@H]3C[C@H]3c3ccccc3)cc(-c3ccccc3)n2n1. The summed E-state index contributed by atoms with van der Waals surface area (Å²) in [6, 6.07) is 24.1. The number of aromatic nitrogens is 3. The lowest BCUT2D eigenvalue weighted by Crippen LogP contribution is -2.16. The van der Waals surface area contributed by atoms with Crippen LogP contribution in [0.1, 0.15) is 23.6 Å². The fraction of sp³-hybridized carbons (Fsp3) is 0.174. The van der Waals surface area contributed by atoms with Crippen molar-refractivity contribution in [3.8, 4) is 11.3 Å². The third kappa shape index (κ3) is 3.05. The normalized spacial score (nSPS) is 18.2. The quantitative estimate of drug-likeness (QED) is 0.579. The summed E-state index contributed by atoms with van der Waals surface area (Å²) in [6.07, 6.45) is 0.884. The van der Waals surface area contributed by atoms with Crippen molar-refractivity contribution in [3.05, 3.63) is 84.1 Å². The van der Waals surface area contributed by atoms with E-state index in [-0.39, 0.29) is 11.8 Å². The molecule has 2 aromatic carbocycles. The molecule has 5 rings (SSSR count). The fourth-order valence-electron chi connectivity index (χ4n) is 3.74. The monoisotopic (exact) mass is 368 g/mol. The van der Waals surface area contributed by atoms with Gasteiger partial charge < -0.3 is 5.32 Å². The molecule has 0 saturated heterocycles. The number of hydrogen-bond donors (Lipinski definition) is 1. The molecule has 0 spiro atoms. The van der Waals surface area contributed by atoms with E-state index in [2.05, 4.69) is 27.5 Å². The van der Waals surface area contributed by atoms with Gasteiger partial charge in [-0.05, 0) is 24.8 Å². The Labute approximate surface area is 163 Å². The topological polar surface area (TPSA) is 59.3 Å². The van der Waals surface area contributed by atoms with Crippen LogP contribution in [0.5, 0.6) is 0 Å². The number of carbonyl (C=O) groups excluding carboxylic acids is 1. The van der Waals surface area contributed by atoms with E-state index in [1.54, 1.807) is 0 Å². The molecule has 5 heteroatoms. The van der Waals surface area contributed by atoms with Gasteiger partial charge >= 0.3 is 0 Å². The zero-order valence-corrected chi connectivity index (χ0v) is 15.5. The van der Waals surface area contributed by atoms with Crippen molar-refractivity contribution < 1.29 is 4.79 Å². The van der Waals surface area contributed by atoms with Crippen LogP contribution in [-0.4, -0.2) is 20.5 Å². The number of nitrogens with zero attached hydrogens (tertiary/aromatic N) is 3. The Hall–Kier alpha value is -3.47. The minimum atomic E-state index is 0.00671. The molecule has 1 aliphatic rings. The summed E-state index contributed by atoms with van der Waals surface area (Å²) in [4.78, 5) is 17.4. The average molecular weight is 368 g/mol. The van der Waals surface area contributed by atoms with Crippen LogP contribution in [0.3, 0.4) is 0 Å². The van der Waals surface area contributed by atoms with Crippen LogP contribution in [0.2, 0.25) is 0 Å². The Balaban J connectivity index is 1.44. The summed E-state index contributed by atoms with van der Waals surface area (Å²) in [5.41, 5.74) is 4.78. The zero-order chi connectivity index (χ0) is 19.1. The van der Waals surface area contributed by atoms with E-state index in [1.807, 2.05) is 72.1 Å². The summed E-state index contributed by atoms with van der Waals surface area (Å²) < 4.78 is 1.82. The first-order chi connectivity index (χ1) is 13.7. The van der Waals surface area contributed by atoms with Gasteiger partial charge in [0.15, 0.2) is 5.65 Å². The van der Waals surface area contributed by atoms with Crippen LogP contribution < -0.4 is 5.32 Å². The number of hydrogen-bond acceptors (Lipinski definition) is 3. The second kappa shape index (κ2) is 6.60. The average Bonchev–Trinajstić information content (AvgIpc) is 3.44. The minimum Gasteiger partial charge on any atom is -0.310 e. The maximum absolute atomic E-state index is 12.8. The molecule has 0 aliphatic heterocycles. The number of aryl methyl sites for hydroxylation is 1. The van der Waals surface area contributed by atoms with E-state index in [1.165, 1.54) is 5.56 Å². The molecule has 2 atom stereocenters. The Bertz CT molecular complexity index is 1150. The number of benzene rings is 2. The lowest BCUT2D eigenvalue weighted by molar-refractivity contribution is -0.117. The number of nitrogens with one attached hydrogen (secondary N) is 1. The molecule has 1 aliphatic carbocycles. The van der Waals surface area contributed by atoms with E-state index < -0.39 is 0 Å². The molecule has 138 valence electrons. The maximum Gasteiger partial charge on any atom is 0.229 e. The standard InChI is InChI=1S/C23H20N4O/c1-15-12-22-24-21(14-20(27(22)26-15)17-10-6-3-7-11-17)25-23(28)19-13-18(19)16-8-4-2-5-9-16/h2-12,14,18-19H,13H2,1H3,(H,24,25,28)/t18-,19-/m0/s1.